The zero-order valence-electron chi connectivity index (χ0n) is 14.7. The first-order chi connectivity index (χ1) is 13.4. The molecule has 6 nitrogen and oxygen atoms in total. The normalized spacial score (nSPS) is 14.9. The average molecular weight is 454 g/mol. The minimum atomic E-state index is -3.05. The van der Waals surface area contributed by atoms with Crippen LogP contribution in [0, 0.1) is 0 Å². The van der Waals surface area contributed by atoms with Gasteiger partial charge in [0.05, 0.1) is 19.8 Å². The van der Waals surface area contributed by atoms with Gasteiger partial charge in [-0.25, -0.2) is 9.79 Å². The van der Waals surface area contributed by atoms with Crippen LogP contribution < -0.4 is 14.2 Å². The van der Waals surface area contributed by atoms with Crippen LogP contribution in [0.4, 0.5) is 8.78 Å². The van der Waals surface area contributed by atoms with Crippen LogP contribution in [-0.4, -0.2) is 32.7 Å². The van der Waals surface area contributed by atoms with Gasteiger partial charge in [0.25, 0.3) is 0 Å². The monoisotopic (exact) mass is 453 g/mol. The molecule has 0 atom stereocenters. The van der Waals surface area contributed by atoms with E-state index in [-0.39, 0.29) is 28.8 Å². The van der Waals surface area contributed by atoms with Crippen molar-refractivity contribution in [2.45, 2.75) is 6.61 Å². The van der Waals surface area contributed by atoms with E-state index in [4.69, 9.17) is 14.2 Å². The molecule has 0 amide bonds. The van der Waals surface area contributed by atoms with Crippen LogP contribution >= 0.6 is 15.9 Å². The fourth-order valence-electron chi connectivity index (χ4n) is 2.51. The lowest BCUT2D eigenvalue weighted by Crippen LogP contribution is -2.06. The summed E-state index contributed by atoms with van der Waals surface area (Å²) in [6.07, 6.45) is 1.43. The maximum atomic E-state index is 12.6. The van der Waals surface area contributed by atoms with Crippen molar-refractivity contribution in [3.8, 4) is 17.2 Å². The first kappa shape index (κ1) is 19.8. The summed E-state index contributed by atoms with van der Waals surface area (Å²) >= 11 is 3.38. The number of hydrogen-bond donors (Lipinski definition) is 0. The highest BCUT2D eigenvalue weighted by Gasteiger charge is 2.26. The summed E-state index contributed by atoms with van der Waals surface area (Å²) < 4.78 is 45.9. The molecule has 1 heterocycles. The zero-order chi connectivity index (χ0) is 20.3. The van der Waals surface area contributed by atoms with Gasteiger partial charge in [0.15, 0.2) is 17.2 Å². The molecule has 0 N–H and O–H groups in total. The first-order valence-corrected chi connectivity index (χ1v) is 8.70. The highest BCUT2D eigenvalue weighted by atomic mass is 79.9. The maximum absolute atomic E-state index is 12.6. The van der Waals surface area contributed by atoms with Gasteiger partial charge in [-0.2, -0.15) is 8.78 Å². The molecule has 1 aliphatic rings. The predicted octanol–water partition coefficient (Wildman–Crippen LogP) is 4.41. The van der Waals surface area contributed by atoms with E-state index in [9.17, 15) is 13.6 Å². The molecule has 2 aromatic carbocycles. The number of cyclic esters (lactones) is 1. The smallest absolute Gasteiger partial charge is 0.387 e. The third kappa shape index (κ3) is 4.14. The molecule has 0 spiro atoms. The summed E-state index contributed by atoms with van der Waals surface area (Å²) in [7, 11) is 2.61. The number of halogens is 3. The Kier molecular flexibility index (Phi) is 5.93. The standard InChI is InChI=1S/C19H14BrF2NO5/c1-25-14-8-10(9-15(26-2)16(14)27-19(21)22)7-13-18(24)28-17(23-13)11-5-3-4-6-12(11)20/h3-9,19H,1-2H3/b13-7+. The van der Waals surface area contributed by atoms with Crippen molar-refractivity contribution in [2.75, 3.05) is 14.2 Å². The zero-order valence-corrected chi connectivity index (χ0v) is 16.3. The third-order valence-corrected chi connectivity index (χ3v) is 4.41. The number of rotatable bonds is 6. The van der Waals surface area contributed by atoms with Crippen LogP contribution in [0.2, 0.25) is 0 Å². The van der Waals surface area contributed by atoms with Gasteiger partial charge in [-0.05, 0) is 51.8 Å². The van der Waals surface area contributed by atoms with E-state index in [0.717, 1.165) is 4.47 Å². The quantitative estimate of drug-likeness (QED) is 0.478. The fourth-order valence-corrected chi connectivity index (χ4v) is 2.96. The molecule has 0 saturated carbocycles. The molecule has 146 valence electrons. The summed E-state index contributed by atoms with van der Waals surface area (Å²) in [5.74, 6) is -0.689. The average Bonchev–Trinajstić information content (AvgIpc) is 3.02. The molecule has 0 aromatic heterocycles. The largest absolute Gasteiger partial charge is 0.493 e. The lowest BCUT2D eigenvalue weighted by molar-refractivity contribution is -0.129. The maximum Gasteiger partial charge on any atom is 0.387 e. The molecule has 9 heteroatoms. The first-order valence-electron chi connectivity index (χ1n) is 7.91. The van der Waals surface area contributed by atoms with Gasteiger partial charge in [-0.15, -0.1) is 0 Å². The Hall–Kier alpha value is -2.94. The van der Waals surface area contributed by atoms with Gasteiger partial charge in [0, 0.05) is 4.47 Å². The minimum Gasteiger partial charge on any atom is -0.493 e. The Balaban J connectivity index is 2.01. The number of methoxy groups -OCH3 is 2. The molecular weight excluding hydrogens is 440 g/mol. The third-order valence-electron chi connectivity index (χ3n) is 3.72. The van der Waals surface area contributed by atoms with Gasteiger partial charge in [-0.1, -0.05) is 12.1 Å². The van der Waals surface area contributed by atoms with Crippen molar-refractivity contribution in [3.63, 3.8) is 0 Å². The van der Waals surface area contributed by atoms with Gasteiger partial charge < -0.3 is 18.9 Å². The van der Waals surface area contributed by atoms with Crippen molar-refractivity contribution in [2.24, 2.45) is 4.99 Å². The lowest BCUT2D eigenvalue weighted by Gasteiger charge is -2.14. The Labute approximate surface area is 167 Å². The minimum absolute atomic E-state index is 0.0212. The van der Waals surface area contributed by atoms with Crippen molar-refractivity contribution in [1.29, 1.82) is 0 Å². The molecule has 2 aromatic rings. The molecular formula is C19H14BrF2NO5. The van der Waals surface area contributed by atoms with Crippen LogP contribution in [0.3, 0.4) is 0 Å². The van der Waals surface area contributed by atoms with E-state index in [0.29, 0.717) is 11.1 Å². The number of ether oxygens (including phenoxy) is 4. The van der Waals surface area contributed by atoms with Gasteiger partial charge in [0.1, 0.15) is 0 Å². The highest BCUT2D eigenvalue weighted by Crippen LogP contribution is 2.40. The number of nitrogens with zero attached hydrogens (tertiary/aromatic N) is 1. The van der Waals surface area contributed by atoms with E-state index < -0.39 is 12.6 Å². The fraction of sp³-hybridized carbons (Fsp3) is 0.158. The van der Waals surface area contributed by atoms with Crippen LogP contribution in [0.25, 0.3) is 6.08 Å². The summed E-state index contributed by atoms with van der Waals surface area (Å²) in [6, 6.07) is 10.0. The number of carbonyl (C=O) groups is 1. The Morgan fingerprint density at radius 1 is 1.14 bits per heavy atom. The van der Waals surface area contributed by atoms with Crippen molar-refractivity contribution in [1.82, 2.24) is 0 Å². The molecule has 1 aliphatic heterocycles. The van der Waals surface area contributed by atoms with Gasteiger partial charge in [-0.3, -0.25) is 0 Å². The Morgan fingerprint density at radius 2 is 1.79 bits per heavy atom. The molecule has 0 saturated heterocycles. The number of aliphatic imine (C=N–C) groups is 1. The summed E-state index contributed by atoms with van der Waals surface area (Å²) in [5.41, 5.74) is 1.09. The highest BCUT2D eigenvalue weighted by molar-refractivity contribution is 9.10. The Morgan fingerprint density at radius 3 is 2.36 bits per heavy atom. The molecule has 0 unspecified atom stereocenters. The van der Waals surface area contributed by atoms with Crippen molar-refractivity contribution >= 4 is 33.9 Å². The number of alkyl halides is 2. The second-order valence-corrected chi connectivity index (χ2v) is 6.30. The van der Waals surface area contributed by atoms with Crippen LogP contribution in [-0.2, 0) is 9.53 Å². The van der Waals surface area contributed by atoms with Gasteiger partial charge in [0.2, 0.25) is 11.6 Å². The Bertz CT molecular complexity index is 950. The van der Waals surface area contributed by atoms with Crippen molar-refractivity contribution in [3.05, 3.63) is 57.7 Å². The van der Waals surface area contributed by atoms with Crippen LogP contribution in [0.5, 0.6) is 17.2 Å². The van der Waals surface area contributed by atoms with E-state index in [1.807, 2.05) is 6.07 Å². The molecule has 28 heavy (non-hydrogen) atoms. The van der Waals surface area contributed by atoms with E-state index in [1.165, 1.54) is 32.4 Å². The van der Waals surface area contributed by atoms with Crippen LogP contribution in [0.1, 0.15) is 11.1 Å². The van der Waals surface area contributed by atoms with E-state index in [1.54, 1.807) is 18.2 Å². The lowest BCUT2D eigenvalue weighted by atomic mass is 10.1. The van der Waals surface area contributed by atoms with Gasteiger partial charge >= 0.3 is 12.6 Å². The molecule has 0 bridgehead atoms. The number of carbonyl (C=O) groups excluding carboxylic acids is 1. The molecule has 0 fully saturated rings. The second kappa shape index (κ2) is 8.39. The second-order valence-electron chi connectivity index (χ2n) is 5.45. The van der Waals surface area contributed by atoms with Crippen LogP contribution in [0.15, 0.2) is 51.6 Å². The topological polar surface area (TPSA) is 66.4 Å². The summed E-state index contributed by atoms with van der Waals surface area (Å²) in [6.45, 7) is -3.05. The number of hydrogen-bond acceptors (Lipinski definition) is 6. The van der Waals surface area contributed by atoms with E-state index in [2.05, 4.69) is 25.7 Å². The summed E-state index contributed by atoms with van der Waals surface area (Å²) in [5, 5.41) is 0. The number of benzene rings is 2. The molecule has 3 rings (SSSR count). The number of esters is 1. The molecule has 0 radical (unpaired) electrons. The SMILES string of the molecule is COc1cc(/C=C2/N=C(c3ccccc3Br)OC2=O)cc(OC)c1OC(F)F. The predicted molar refractivity (Wildman–Crippen MR) is 101 cm³/mol. The van der Waals surface area contributed by atoms with E-state index >= 15 is 0 Å². The summed E-state index contributed by atoms with van der Waals surface area (Å²) in [4.78, 5) is 16.4. The van der Waals surface area contributed by atoms with Crippen molar-refractivity contribution < 1.29 is 32.5 Å². The molecule has 0 aliphatic carbocycles.